The number of carbonyl (C=O) groups excluding carboxylic acids is 2. The number of nitrogens with one attached hydrogen (secondary N) is 1. The Hall–Kier alpha value is -2.36. The topological polar surface area (TPSA) is 102 Å². The Morgan fingerprint density at radius 1 is 1.14 bits per heavy atom. The molecule has 0 radical (unpaired) electrons. The Labute approximate surface area is 266 Å². The van der Waals surface area contributed by atoms with Crippen molar-refractivity contribution in [3.05, 3.63) is 47.0 Å². The second-order valence-electron chi connectivity index (χ2n) is 14.0. The lowest BCUT2D eigenvalue weighted by molar-refractivity contribution is -0.148. The number of anilines is 1. The zero-order chi connectivity index (χ0) is 31.3. The third-order valence-corrected chi connectivity index (χ3v) is 13.8. The molecule has 2 saturated carbocycles. The number of rotatable bonds is 2. The smallest absolute Gasteiger partial charge is 0.264 e. The number of hydrogen-bond donors (Lipinski definition) is 1. The van der Waals surface area contributed by atoms with Crippen LogP contribution >= 0.6 is 11.6 Å². The molecule has 8 atom stereocenters. The van der Waals surface area contributed by atoms with Gasteiger partial charge in [-0.3, -0.25) is 4.79 Å². The summed E-state index contributed by atoms with van der Waals surface area (Å²) >= 11 is 6.44. The number of amides is 1. The van der Waals surface area contributed by atoms with Crippen LogP contribution in [0.3, 0.4) is 0 Å². The Kier molecular flexibility index (Phi) is 8.70. The first-order valence-corrected chi connectivity index (χ1v) is 18.1. The molecule has 44 heavy (non-hydrogen) atoms. The number of ether oxygens (including phenoxy) is 2. The predicted molar refractivity (Wildman–Crippen MR) is 171 cm³/mol. The molecule has 1 aromatic carbocycles. The highest BCUT2D eigenvalue weighted by Crippen LogP contribution is 2.53. The van der Waals surface area contributed by atoms with Crippen LogP contribution in [-0.4, -0.2) is 58.3 Å². The van der Waals surface area contributed by atoms with Gasteiger partial charge in [-0.1, -0.05) is 37.1 Å². The Balaban J connectivity index is 1.42. The van der Waals surface area contributed by atoms with E-state index in [2.05, 4.69) is 21.8 Å². The van der Waals surface area contributed by atoms with Gasteiger partial charge in [0.2, 0.25) is 10.0 Å². The second kappa shape index (κ2) is 12.1. The largest absolute Gasteiger partial charge is 0.491 e. The molecule has 2 fully saturated rings. The van der Waals surface area contributed by atoms with Crippen molar-refractivity contribution >= 4 is 39.5 Å². The lowest BCUT2D eigenvalue weighted by Crippen LogP contribution is -2.55. The average molecular weight is 645 g/mol. The van der Waals surface area contributed by atoms with Gasteiger partial charge in [0.1, 0.15) is 11.4 Å². The van der Waals surface area contributed by atoms with Crippen molar-refractivity contribution in [1.29, 1.82) is 0 Å². The van der Waals surface area contributed by atoms with Gasteiger partial charge in [-0.15, -0.1) is 0 Å². The molecule has 240 valence electrons. The first kappa shape index (κ1) is 31.6. The second-order valence-corrected chi connectivity index (χ2v) is 16.5. The zero-order valence-electron chi connectivity index (χ0n) is 26.0. The summed E-state index contributed by atoms with van der Waals surface area (Å²) in [6, 6.07) is 5.23. The number of halogens is 1. The number of fused-ring (bicyclic) bond motifs is 4. The summed E-state index contributed by atoms with van der Waals surface area (Å²) in [5, 5.41) is -0.00242. The maximum atomic E-state index is 13.4. The van der Waals surface area contributed by atoms with Crippen LogP contribution < -0.4 is 14.4 Å². The van der Waals surface area contributed by atoms with E-state index < -0.39 is 26.8 Å². The molecule has 1 spiro atoms. The first-order valence-electron chi connectivity index (χ1n) is 16.2. The van der Waals surface area contributed by atoms with Gasteiger partial charge in [-0.25, -0.2) is 13.1 Å². The van der Waals surface area contributed by atoms with Crippen LogP contribution in [0.25, 0.3) is 0 Å². The number of methoxy groups -OCH3 is 1. The maximum absolute atomic E-state index is 13.4. The minimum absolute atomic E-state index is 0.0554. The summed E-state index contributed by atoms with van der Waals surface area (Å²) in [7, 11) is -2.31. The third kappa shape index (κ3) is 5.62. The highest BCUT2D eigenvalue weighted by molar-refractivity contribution is 7.90. The average Bonchev–Trinajstić information content (AvgIpc) is 3.14. The van der Waals surface area contributed by atoms with E-state index in [-0.39, 0.29) is 34.7 Å². The van der Waals surface area contributed by atoms with Gasteiger partial charge in [0, 0.05) is 36.2 Å². The van der Waals surface area contributed by atoms with Crippen LogP contribution in [0.1, 0.15) is 75.6 Å². The quantitative estimate of drug-likeness (QED) is 0.403. The molecular weight excluding hydrogens is 600 g/mol. The van der Waals surface area contributed by atoms with E-state index in [0.717, 1.165) is 55.7 Å². The van der Waals surface area contributed by atoms with Crippen LogP contribution in [-0.2, 0) is 19.6 Å². The van der Waals surface area contributed by atoms with Gasteiger partial charge in [0.05, 0.1) is 17.5 Å². The molecule has 8 nitrogen and oxygen atoms in total. The molecular formula is C34H45ClN2O6S. The lowest BCUT2D eigenvalue weighted by atomic mass is 9.60. The highest BCUT2D eigenvalue weighted by Gasteiger charge is 2.51. The van der Waals surface area contributed by atoms with Gasteiger partial charge in [0.15, 0.2) is 6.29 Å². The fourth-order valence-corrected chi connectivity index (χ4v) is 10.2. The van der Waals surface area contributed by atoms with Crippen LogP contribution in [0.5, 0.6) is 5.75 Å². The van der Waals surface area contributed by atoms with Crippen molar-refractivity contribution < 1.29 is 27.5 Å². The summed E-state index contributed by atoms with van der Waals surface area (Å²) in [5.41, 5.74) is -0.0188. The Morgan fingerprint density at radius 2 is 1.93 bits per heavy atom. The summed E-state index contributed by atoms with van der Waals surface area (Å²) < 4.78 is 41.6. The summed E-state index contributed by atoms with van der Waals surface area (Å²) in [4.78, 5) is 28.5. The van der Waals surface area contributed by atoms with Gasteiger partial charge < -0.3 is 19.2 Å². The molecule has 0 aromatic heterocycles. The SMILES string of the molecule is COC1(C=O)CCCC(C)[C@@H](C)S(=O)(=O)NC(=O)c2ccc3c(c2)N(C[C@@H]2CC[C@H]21)C[C@@]1(CCCC2C=C(Cl)C=CC21)CO3. The van der Waals surface area contributed by atoms with Crippen LogP contribution in [0.2, 0.25) is 0 Å². The summed E-state index contributed by atoms with van der Waals surface area (Å²) in [6.45, 7) is 5.47. The standard InChI is InChI=1S/C34H45ClN2O6S/c1-22-6-4-15-34(20-38,42-3)29-11-8-26(29)18-37-19-33(14-5-7-24-16-27(35)10-12-28(24)33)21-43-31-13-9-25(17-30(31)37)32(39)36-44(40,41)23(22)2/h9-10,12-13,16-17,20,22-24,26,28-29H,4-8,11,14-15,18-19,21H2,1-3H3,(H,36,39)/t22?,23-,24?,26+,28?,29-,33+,34?/m1/s1. The van der Waals surface area contributed by atoms with Crippen LogP contribution in [0.15, 0.2) is 41.5 Å². The monoisotopic (exact) mass is 644 g/mol. The van der Waals surface area contributed by atoms with E-state index in [1.165, 1.54) is 0 Å². The van der Waals surface area contributed by atoms with Crippen LogP contribution in [0, 0.1) is 35.0 Å². The van der Waals surface area contributed by atoms with E-state index >= 15 is 0 Å². The van der Waals surface area contributed by atoms with Crippen molar-refractivity contribution in [2.24, 2.45) is 35.0 Å². The molecule has 4 unspecified atom stereocenters. The summed E-state index contributed by atoms with van der Waals surface area (Å²) in [5.74, 6) is 0.713. The van der Waals surface area contributed by atoms with Crippen molar-refractivity contribution in [3.8, 4) is 5.75 Å². The van der Waals surface area contributed by atoms with E-state index in [9.17, 15) is 18.0 Å². The minimum Gasteiger partial charge on any atom is -0.491 e. The van der Waals surface area contributed by atoms with E-state index in [0.29, 0.717) is 44.1 Å². The molecule has 1 aromatic rings. The molecule has 1 N–H and O–H groups in total. The molecule has 3 aliphatic carbocycles. The third-order valence-electron chi connectivity index (χ3n) is 11.6. The molecule has 1 amide bonds. The zero-order valence-corrected chi connectivity index (χ0v) is 27.5. The summed E-state index contributed by atoms with van der Waals surface area (Å²) in [6.07, 6.45) is 14.3. The van der Waals surface area contributed by atoms with Crippen molar-refractivity contribution in [2.45, 2.75) is 76.1 Å². The maximum Gasteiger partial charge on any atom is 0.264 e. The van der Waals surface area contributed by atoms with Gasteiger partial charge in [-0.05, 0) is 106 Å². The fraction of sp³-hybridized carbons (Fsp3) is 0.647. The lowest BCUT2D eigenvalue weighted by Gasteiger charge is -2.51. The normalized spacial score (nSPS) is 38.6. The van der Waals surface area contributed by atoms with Crippen molar-refractivity contribution in [1.82, 2.24) is 4.72 Å². The molecule has 0 saturated heterocycles. The molecule has 10 heteroatoms. The van der Waals surface area contributed by atoms with Gasteiger partial charge in [-0.2, -0.15) is 0 Å². The number of nitrogens with zero attached hydrogens (tertiary/aromatic N) is 1. The molecule has 6 rings (SSSR count). The molecule has 2 aliphatic heterocycles. The molecule has 5 aliphatic rings. The van der Waals surface area contributed by atoms with E-state index in [4.69, 9.17) is 21.1 Å². The number of carbonyl (C=O) groups is 2. The van der Waals surface area contributed by atoms with E-state index in [1.807, 2.05) is 13.0 Å². The fourth-order valence-electron chi connectivity index (χ4n) is 8.62. The molecule has 2 heterocycles. The predicted octanol–water partition coefficient (Wildman–Crippen LogP) is 5.86. The molecule has 2 bridgehead atoms. The van der Waals surface area contributed by atoms with E-state index in [1.54, 1.807) is 32.2 Å². The minimum atomic E-state index is -3.94. The highest BCUT2D eigenvalue weighted by atomic mass is 35.5. The Bertz CT molecular complexity index is 1460. The number of aldehydes is 1. The van der Waals surface area contributed by atoms with Crippen molar-refractivity contribution in [2.75, 3.05) is 31.7 Å². The Morgan fingerprint density at radius 3 is 2.66 bits per heavy atom. The van der Waals surface area contributed by atoms with Crippen LogP contribution in [0.4, 0.5) is 5.69 Å². The first-order chi connectivity index (χ1) is 21.0. The number of hydrogen-bond acceptors (Lipinski definition) is 7. The van der Waals surface area contributed by atoms with Crippen molar-refractivity contribution in [3.63, 3.8) is 0 Å². The number of allylic oxidation sites excluding steroid dienone is 4. The van der Waals surface area contributed by atoms with Gasteiger partial charge >= 0.3 is 0 Å². The number of sulfonamides is 1. The number of benzene rings is 1. The van der Waals surface area contributed by atoms with Gasteiger partial charge in [0.25, 0.3) is 5.91 Å².